The number of sulfone groups is 1. The van der Waals surface area contributed by atoms with Crippen LogP contribution in [0.25, 0.3) is 0 Å². The van der Waals surface area contributed by atoms with E-state index < -0.39 is 9.84 Å². The molecular weight excluding hydrogens is 278 g/mol. The van der Waals surface area contributed by atoms with Crippen LogP contribution in [0, 0.1) is 0 Å². The van der Waals surface area contributed by atoms with Crippen molar-refractivity contribution in [1.29, 1.82) is 0 Å². The summed E-state index contributed by atoms with van der Waals surface area (Å²) in [7, 11) is -3.30. The van der Waals surface area contributed by atoms with Crippen LogP contribution in [0.2, 0.25) is 0 Å². The molecule has 0 bridgehead atoms. The van der Waals surface area contributed by atoms with Crippen molar-refractivity contribution >= 4 is 15.7 Å². The number of carbonyl (C=O) groups is 1. The molecule has 1 aliphatic heterocycles. The Balaban J connectivity index is 2.06. The van der Waals surface area contributed by atoms with Crippen LogP contribution in [0.3, 0.4) is 0 Å². The highest BCUT2D eigenvalue weighted by molar-refractivity contribution is 7.92. The maximum Gasteiger partial charge on any atom is 0.238 e. The summed E-state index contributed by atoms with van der Waals surface area (Å²) < 4.78 is 30.1. The highest BCUT2D eigenvalue weighted by atomic mass is 32.2. The molecule has 2 rings (SSSR count). The van der Waals surface area contributed by atoms with E-state index in [0.29, 0.717) is 32.6 Å². The lowest BCUT2D eigenvalue weighted by atomic mass is 9.96. The molecule has 1 heterocycles. The van der Waals surface area contributed by atoms with E-state index in [4.69, 9.17) is 4.74 Å². The zero-order chi connectivity index (χ0) is 14.8. The second kappa shape index (κ2) is 6.02. The number of hydrogen-bond donors (Lipinski definition) is 0. The lowest BCUT2D eigenvalue weighted by molar-refractivity contribution is -0.145. The Kier molecular flexibility index (Phi) is 4.74. The number of hydrogen-bond acceptors (Lipinski definition) is 4. The number of carbonyl (C=O) groups excluding carboxylic acids is 1. The van der Waals surface area contributed by atoms with Crippen molar-refractivity contribution in [2.24, 2.45) is 0 Å². The van der Waals surface area contributed by atoms with Crippen molar-refractivity contribution < 1.29 is 17.9 Å². The Labute approximate surface area is 121 Å². The molecule has 0 spiro atoms. The van der Waals surface area contributed by atoms with Gasteiger partial charge in [-0.2, -0.15) is 0 Å². The molecule has 6 heteroatoms. The molecule has 1 saturated heterocycles. The van der Waals surface area contributed by atoms with Crippen molar-refractivity contribution in [3.63, 3.8) is 0 Å². The van der Waals surface area contributed by atoms with E-state index in [2.05, 4.69) is 0 Å². The third kappa shape index (κ3) is 3.17. The van der Waals surface area contributed by atoms with E-state index in [1.165, 1.54) is 0 Å². The summed E-state index contributed by atoms with van der Waals surface area (Å²) in [4.78, 5) is 14.1. The van der Waals surface area contributed by atoms with Crippen LogP contribution in [0.15, 0.2) is 0 Å². The smallest absolute Gasteiger partial charge is 0.238 e. The van der Waals surface area contributed by atoms with Gasteiger partial charge in [0.25, 0.3) is 0 Å². The first-order valence-corrected chi connectivity index (χ1v) is 9.20. The summed E-state index contributed by atoms with van der Waals surface area (Å²) in [6.45, 7) is 5.43. The summed E-state index contributed by atoms with van der Waals surface area (Å²) in [5, 5.41) is -0.305. The molecule has 116 valence electrons. The Bertz CT molecular complexity index is 456. The zero-order valence-corrected chi connectivity index (χ0v) is 13.2. The standard InChI is InChI=1S/C14H25NO4S/c1-3-14(2)11-19-9-8-15(14)13(16)10-20(17,18)12-6-4-5-7-12/h12H,3-11H2,1-2H3. The molecule has 0 aromatic heterocycles. The second-order valence-electron chi connectivity index (χ2n) is 6.16. The first kappa shape index (κ1) is 15.8. The van der Waals surface area contributed by atoms with E-state index in [1.807, 2.05) is 13.8 Å². The summed E-state index contributed by atoms with van der Waals surface area (Å²) in [5.74, 6) is -0.600. The van der Waals surface area contributed by atoms with Gasteiger partial charge in [0.2, 0.25) is 5.91 Å². The molecule has 2 aliphatic rings. The van der Waals surface area contributed by atoms with E-state index in [0.717, 1.165) is 19.3 Å². The minimum absolute atomic E-state index is 0.260. The number of morpholine rings is 1. The van der Waals surface area contributed by atoms with Gasteiger partial charge in [0.05, 0.1) is 24.0 Å². The number of nitrogens with zero attached hydrogens (tertiary/aromatic N) is 1. The highest BCUT2D eigenvalue weighted by Crippen LogP contribution is 2.27. The van der Waals surface area contributed by atoms with E-state index in [-0.39, 0.29) is 22.4 Å². The van der Waals surface area contributed by atoms with Crippen molar-refractivity contribution in [2.75, 3.05) is 25.5 Å². The van der Waals surface area contributed by atoms with Crippen LogP contribution in [-0.2, 0) is 19.4 Å². The van der Waals surface area contributed by atoms with Crippen LogP contribution >= 0.6 is 0 Å². The van der Waals surface area contributed by atoms with Crippen LogP contribution < -0.4 is 0 Å². The maximum absolute atomic E-state index is 12.4. The van der Waals surface area contributed by atoms with Gasteiger partial charge in [0, 0.05) is 6.54 Å². The van der Waals surface area contributed by atoms with Crippen LogP contribution in [0.5, 0.6) is 0 Å². The van der Waals surface area contributed by atoms with Crippen molar-refractivity contribution in [3.05, 3.63) is 0 Å². The molecule has 0 N–H and O–H groups in total. The normalized spacial score (nSPS) is 28.8. The van der Waals surface area contributed by atoms with Gasteiger partial charge in [0.1, 0.15) is 5.75 Å². The monoisotopic (exact) mass is 303 g/mol. The zero-order valence-electron chi connectivity index (χ0n) is 12.4. The van der Waals surface area contributed by atoms with E-state index >= 15 is 0 Å². The Morgan fingerprint density at radius 3 is 2.60 bits per heavy atom. The molecule has 0 aromatic rings. The Hall–Kier alpha value is -0.620. The Morgan fingerprint density at radius 1 is 1.35 bits per heavy atom. The molecule has 1 unspecified atom stereocenters. The van der Waals surface area contributed by atoms with Crippen molar-refractivity contribution in [3.8, 4) is 0 Å². The van der Waals surface area contributed by atoms with Crippen molar-refractivity contribution in [2.45, 2.75) is 56.7 Å². The average molecular weight is 303 g/mol. The van der Waals surface area contributed by atoms with Gasteiger partial charge in [-0.05, 0) is 26.2 Å². The van der Waals surface area contributed by atoms with Crippen molar-refractivity contribution in [1.82, 2.24) is 4.90 Å². The van der Waals surface area contributed by atoms with Gasteiger partial charge in [-0.1, -0.05) is 19.8 Å². The SMILES string of the molecule is CCC1(C)COCCN1C(=O)CS(=O)(=O)C1CCCC1. The topological polar surface area (TPSA) is 63.7 Å². The van der Waals surface area contributed by atoms with Gasteiger partial charge in [0.15, 0.2) is 9.84 Å². The molecule has 20 heavy (non-hydrogen) atoms. The Morgan fingerprint density at radius 2 is 2.00 bits per heavy atom. The fourth-order valence-electron chi connectivity index (χ4n) is 3.13. The molecule has 2 fully saturated rings. The first-order chi connectivity index (χ1) is 9.39. The summed E-state index contributed by atoms with van der Waals surface area (Å²) in [6.07, 6.45) is 4.11. The summed E-state index contributed by atoms with van der Waals surface area (Å²) >= 11 is 0. The van der Waals surface area contributed by atoms with E-state index in [1.54, 1.807) is 4.90 Å². The molecule has 1 aliphatic carbocycles. The van der Waals surface area contributed by atoms with Crippen LogP contribution in [0.4, 0.5) is 0 Å². The number of amides is 1. The summed E-state index contributed by atoms with van der Waals surface area (Å²) in [5.41, 5.74) is -0.374. The number of rotatable bonds is 4. The van der Waals surface area contributed by atoms with Crippen LogP contribution in [0.1, 0.15) is 46.0 Å². The minimum Gasteiger partial charge on any atom is -0.377 e. The third-order valence-electron chi connectivity index (χ3n) is 4.72. The minimum atomic E-state index is -3.30. The molecule has 5 nitrogen and oxygen atoms in total. The fourth-order valence-corrected chi connectivity index (χ4v) is 4.92. The lowest BCUT2D eigenvalue weighted by Gasteiger charge is -2.44. The van der Waals surface area contributed by atoms with Gasteiger partial charge in [-0.25, -0.2) is 8.42 Å². The van der Waals surface area contributed by atoms with Crippen LogP contribution in [-0.4, -0.2) is 55.5 Å². The summed E-state index contributed by atoms with van der Waals surface area (Å²) in [6, 6.07) is 0. The lowest BCUT2D eigenvalue weighted by Crippen LogP contribution is -2.58. The number of ether oxygens (including phenoxy) is 1. The third-order valence-corrected chi connectivity index (χ3v) is 6.86. The molecule has 0 radical (unpaired) electrons. The first-order valence-electron chi connectivity index (χ1n) is 7.49. The highest BCUT2D eigenvalue weighted by Gasteiger charge is 2.39. The fraction of sp³-hybridized carbons (Fsp3) is 0.929. The average Bonchev–Trinajstić information content (AvgIpc) is 2.93. The van der Waals surface area contributed by atoms with Gasteiger partial charge in [-0.15, -0.1) is 0 Å². The molecule has 1 atom stereocenters. The molecular formula is C14H25NO4S. The predicted octanol–water partition coefficient (Wildman–Crippen LogP) is 1.37. The van der Waals surface area contributed by atoms with Gasteiger partial charge in [-0.3, -0.25) is 4.79 Å². The second-order valence-corrected chi connectivity index (χ2v) is 8.44. The molecule has 1 saturated carbocycles. The maximum atomic E-state index is 12.4. The predicted molar refractivity (Wildman–Crippen MR) is 77.3 cm³/mol. The van der Waals surface area contributed by atoms with E-state index in [9.17, 15) is 13.2 Å². The molecule has 0 aromatic carbocycles. The van der Waals surface area contributed by atoms with Gasteiger partial charge >= 0.3 is 0 Å². The van der Waals surface area contributed by atoms with Gasteiger partial charge < -0.3 is 9.64 Å². The quantitative estimate of drug-likeness (QED) is 0.787. The molecule has 1 amide bonds. The largest absolute Gasteiger partial charge is 0.377 e.